The molecule has 474 valence electrons. The van der Waals surface area contributed by atoms with Crippen LogP contribution >= 0.6 is 0 Å². The molecular formula is C70H77N9O12. The molecule has 8 aliphatic heterocycles. The van der Waals surface area contributed by atoms with Gasteiger partial charge in [-0.25, -0.2) is 0 Å². The minimum atomic E-state index is -0.126. The third-order valence-corrected chi connectivity index (χ3v) is 16.6. The summed E-state index contributed by atoms with van der Waals surface area (Å²) in [6, 6.07) is 13.6. The van der Waals surface area contributed by atoms with Gasteiger partial charge in [0.05, 0.1) is 116 Å². The minimum Gasteiger partial charge on any atom is -0.493 e. The summed E-state index contributed by atoms with van der Waals surface area (Å²) in [5.41, 5.74) is 14.5. The first-order valence-corrected chi connectivity index (χ1v) is 31.1. The average molecular weight is 1240 g/mol. The van der Waals surface area contributed by atoms with Gasteiger partial charge in [-0.05, 0) is 129 Å². The van der Waals surface area contributed by atoms with Gasteiger partial charge in [0.25, 0.3) is 23.6 Å². The van der Waals surface area contributed by atoms with E-state index in [9.17, 15) is 19.2 Å². The third kappa shape index (κ3) is 14.0. The van der Waals surface area contributed by atoms with Gasteiger partial charge in [-0.1, -0.05) is 28.2 Å². The summed E-state index contributed by atoms with van der Waals surface area (Å²) in [5, 5.41) is 0. The molecule has 21 nitrogen and oxygen atoms in total. The number of nitrogens with two attached hydrogens (primary N) is 1. The highest BCUT2D eigenvalue weighted by Crippen LogP contribution is 2.43. The van der Waals surface area contributed by atoms with E-state index in [4.69, 9.17) is 50.1 Å². The molecule has 21 heteroatoms. The fraction of sp³-hybridized carbons (Fsp3) is 0.400. The van der Waals surface area contributed by atoms with Crippen LogP contribution in [-0.2, 0) is 0 Å². The Morgan fingerprint density at radius 1 is 0.407 bits per heavy atom. The van der Waals surface area contributed by atoms with Crippen molar-refractivity contribution in [3.8, 4) is 58.3 Å². The van der Waals surface area contributed by atoms with Gasteiger partial charge in [-0.3, -0.25) is 39.1 Å². The van der Waals surface area contributed by atoms with E-state index >= 15 is 0 Å². The van der Waals surface area contributed by atoms with E-state index < -0.39 is 0 Å². The maximum atomic E-state index is 13.4. The van der Waals surface area contributed by atoms with E-state index in [1.54, 1.807) is 82.4 Å². The highest BCUT2D eigenvalue weighted by atomic mass is 16.5. The summed E-state index contributed by atoms with van der Waals surface area (Å²) in [5.74, 6) is 6.15. The van der Waals surface area contributed by atoms with Crippen LogP contribution in [0.15, 0.2) is 116 Å². The van der Waals surface area contributed by atoms with Crippen molar-refractivity contribution in [3.63, 3.8) is 0 Å². The SMILES string of the molecule is C#CCOc1cc2c(cc1OCCCCCOc1cc3c(cc1OC)C(=O)N1C=C(C)C[C@H]1C=N3)N=C[C@@H]1CC(C)=CN1C2=O.COc1cc2c(cc1OCCCCCOc1cc3c(cc1OCCCN)C(=O)N1C=C(C)C[C@H]1C=N3)N=C[C@@H]1CC(C)=CN1C2=O. The average Bonchev–Trinajstić information content (AvgIpc) is 1.81. The Labute approximate surface area is 530 Å². The molecule has 12 rings (SSSR count). The van der Waals surface area contributed by atoms with Gasteiger partial charge in [0.1, 0.15) is 6.61 Å². The van der Waals surface area contributed by atoms with E-state index in [1.165, 1.54) is 0 Å². The van der Waals surface area contributed by atoms with Crippen molar-refractivity contribution in [2.75, 3.05) is 60.4 Å². The second-order valence-corrected chi connectivity index (χ2v) is 23.6. The first-order valence-electron chi connectivity index (χ1n) is 31.1. The Morgan fingerprint density at radius 2 is 0.670 bits per heavy atom. The molecule has 0 saturated heterocycles. The number of amides is 4. The molecule has 91 heavy (non-hydrogen) atoms. The van der Waals surface area contributed by atoms with Gasteiger partial charge in [0.15, 0.2) is 46.0 Å². The molecule has 8 heterocycles. The van der Waals surface area contributed by atoms with Crippen LogP contribution in [0.2, 0.25) is 0 Å². The summed E-state index contributed by atoms with van der Waals surface area (Å²) < 4.78 is 47.3. The first-order chi connectivity index (χ1) is 44.2. The quantitative estimate of drug-likeness (QED) is 0.0509. The smallest absolute Gasteiger partial charge is 0.260 e. The van der Waals surface area contributed by atoms with Crippen LogP contribution in [0.4, 0.5) is 22.7 Å². The van der Waals surface area contributed by atoms with E-state index in [-0.39, 0.29) is 54.4 Å². The fourth-order valence-corrected chi connectivity index (χ4v) is 12.0. The number of rotatable bonds is 24. The Hall–Kier alpha value is -9.68. The van der Waals surface area contributed by atoms with Crippen molar-refractivity contribution in [2.45, 2.75) is 122 Å². The van der Waals surface area contributed by atoms with Gasteiger partial charge in [0.2, 0.25) is 0 Å². The molecule has 0 fully saturated rings. The number of carbonyl (C=O) groups is 4. The molecular weight excluding hydrogens is 1160 g/mol. The molecule has 0 bridgehead atoms. The Balaban J connectivity index is 0.000000187. The van der Waals surface area contributed by atoms with Crippen molar-refractivity contribution in [2.24, 2.45) is 25.7 Å². The zero-order valence-electron chi connectivity index (χ0n) is 52.4. The van der Waals surface area contributed by atoms with Gasteiger partial charge >= 0.3 is 0 Å². The van der Waals surface area contributed by atoms with Gasteiger partial charge in [0, 0.05) is 73.9 Å². The summed E-state index contributed by atoms with van der Waals surface area (Å²) in [6.07, 6.45) is 28.9. The van der Waals surface area contributed by atoms with Crippen molar-refractivity contribution >= 4 is 71.2 Å². The molecule has 4 atom stereocenters. The third-order valence-electron chi connectivity index (χ3n) is 16.6. The normalized spacial score (nSPS) is 19.5. The molecule has 0 radical (unpaired) electrons. The van der Waals surface area contributed by atoms with Crippen LogP contribution < -0.4 is 43.6 Å². The van der Waals surface area contributed by atoms with Crippen LogP contribution in [-0.4, -0.2) is 153 Å². The van der Waals surface area contributed by atoms with E-state index in [2.05, 4.69) is 25.9 Å². The highest BCUT2D eigenvalue weighted by molar-refractivity contribution is 6.07. The maximum absolute atomic E-state index is 13.4. The van der Waals surface area contributed by atoms with Crippen LogP contribution in [0.25, 0.3) is 0 Å². The summed E-state index contributed by atoms with van der Waals surface area (Å²) in [4.78, 5) is 78.4. The number of carbonyl (C=O) groups excluding carboxylic acids is 4. The molecule has 2 N–H and O–H groups in total. The zero-order chi connectivity index (χ0) is 63.7. The lowest BCUT2D eigenvalue weighted by Gasteiger charge is -2.19. The van der Waals surface area contributed by atoms with Crippen molar-refractivity contribution < 1.29 is 57.1 Å². The lowest BCUT2D eigenvalue weighted by atomic mass is 10.1. The molecule has 8 aliphatic rings. The Bertz CT molecular complexity index is 3800. The number of hydrogen-bond donors (Lipinski definition) is 1. The number of benzene rings is 4. The first kappa shape index (κ1) is 62.9. The van der Waals surface area contributed by atoms with Crippen LogP contribution in [0.5, 0.6) is 46.0 Å². The molecule has 0 unspecified atom stereocenters. The lowest BCUT2D eigenvalue weighted by molar-refractivity contribution is 0.0809. The second kappa shape index (κ2) is 28.4. The monoisotopic (exact) mass is 1240 g/mol. The molecule has 4 aromatic rings. The van der Waals surface area contributed by atoms with Gasteiger partial charge in [-0.15, -0.1) is 6.42 Å². The molecule has 4 aromatic carbocycles. The summed E-state index contributed by atoms with van der Waals surface area (Å²) in [6.45, 7) is 10.9. The molecule has 0 aromatic heterocycles. The standard InChI is InChI=1S/C35H41N5O6.C35H36N4O6/c1-22-12-24-18-37-28-16-32(30(43-3)14-26(28)34(41)39(24)20-22)44-9-5-4-6-10-45-33-17-29-27(15-31(33)46-11-7-8-36)35(42)40-21-23(2)13-25(40)19-38-29;1-5-9-43-31-15-27-29(37-19-25-13-23(3)21-39(25)35(27)41)17-33(31)45-11-8-6-7-10-44-32-16-28-26(14-30(32)42-4)34(40)38-20-22(2)12-24(38)18-36-28/h14-21,24-25H,4-13,36H2,1-3H3;1,14-21,24-25H,6-13H2,2-4H3/t2*24-,25-/m00/s1. The van der Waals surface area contributed by atoms with Gasteiger partial charge in [-0.2, -0.15) is 0 Å². The topological polar surface area (TPSA) is 231 Å². The molecule has 0 spiro atoms. The van der Waals surface area contributed by atoms with Gasteiger partial charge < -0.3 is 63.2 Å². The minimum absolute atomic E-state index is 0.0521. The predicted octanol–water partition coefficient (Wildman–Crippen LogP) is 11.7. The van der Waals surface area contributed by atoms with E-state index in [0.29, 0.717) is 137 Å². The van der Waals surface area contributed by atoms with E-state index in [1.807, 2.05) is 77.4 Å². The number of nitrogens with zero attached hydrogens (tertiary/aromatic N) is 8. The molecule has 0 aliphatic carbocycles. The fourth-order valence-electron chi connectivity index (χ4n) is 12.0. The Morgan fingerprint density at radius 3 is 0.956 bits per heavy atom. The number of terminal acetylenes is 1. The molecule has 0 saturated carbocycles. The number of hydrogen-bond acceptors (Lipinski definition) is 17. The van der Waals surface area contributed by atoms with Crippen molar-refractivity contribution in [1.82, 2.24) is 19.6 Å². The van der Waals surface area contributed by atoms with Crippen LogP contribution in [0.1, 0.15) is 140 Å². The lowest BCUT2D eigenvalue weighted by Crippen LogP contribution is -2.32. The maximum Gasteiger partial charge on any atom is 0.260 e. The largest absolute Gasteiger partial charge is 0.493 e. The molecule has 4 amide bonds. The number of ether oxygens (including phenoxy) is 8. The highest BCUT2D eigenvalue weighted by Gasteiger charge is 2.36. The number of methoxy groups -OCH3 is 2. The van der Waals surface area contributed by atoms with Crippen LogP contribution in [0.3, 0.4) is 0 Å². The summed E-state index contributed by atoms with van der Waals surface area (Å²) >= 11 is 0. The number of fused-ring (bicyclic) bond motifs is 8. The zero-order valence-corrected chi connectivity index (χ0v) is 52.4. The number of aliphatic imine (C=N–C) groups is 4. The Kier molecular flexibility index (Phi) is 19.7. The van der Waals surface area contributed by atoms with E-state index in [0.717, 1.165) is 86.5 Å². The summed E-state index contributed by atoms with van der Waals surface area (Å²) in [7, 11) is 3.13. The predicted molar refractivity (Wildman–Crippen MR) is 348 cm³/mol. The van der Waals surface area contributed by atoms with Crippen molar-refractivity contribution in [3.05, 3.63) is 118 Å². The number of unbranched alkanes of at least 4 members (excludes halogenated alkanes) is 4. The van der Waals surface area contributed by atoms with Crippen LogP contribution in [0, 0.1) is 12.3 Å². The van der Waals surface area contributed by atoms with Crippen molar-refractivity contribution in [1.29, 1.82) is 0 Å². The second-order valence-electron chi connectivity index (χ2n) is 23.6.